The van der Waals surface area contributed by atoms with E-state index in [4.69, 9.17) is 28.4 Å². The molecule has 0 N–H and O–H groups in total. The Kier molecular flexibility index (Phi) is 105. The van der Waals surface area contributed by atoms with Gasteiger partial charge in [0.05, 0.1) is 32.0 Å². The van der Waals surface area contributed by atoms with E-state index >= 15 is 0 Å². The maximum Gasteiger partial charge on any atom is 0.330 e. The number of allylic oxidation sites excluding steroid dienone is 2. The second-order valence-electron chi connectivity index (χ2n) is 29.2. The Morgan fingerprint density at radius 2 is 0.559 bits per heavy atom. The molecule has 118 heavy (non-hydrogen) atoms. The third-order valence-electron chi connectivity index (χ3n) is 18.2. The lowest BCUT2D eigenvalue weighted by Crippen LogP contribution is -2.25. The van der Waals surface area contributed by atoms with E-state index < -0.39 is 0 Å². The van der Waals surface area contributed by atoms with Crippen molar-refractivity contribution in [2.75, 3.05) is 86.0 Å². The van der Waals surface area contributed by atoms with Crippen LogP contribution < -0.4 is 0 Å². The molecule has 0 atom stereocenters. The van der Waals surface area contributed by atoms with Gasteiger partial charge in [0.1, 0.15) is 0 Å². The van der Waals surface area contributed by atoms with E-state index in [1.54, 1.807) is 25.3 Å². The smallest absolute Gasteiger partial charge is 0.330 e. The van der Waals surface area contributed by atoms with Gasteiger partial charge in [-0.15, -0.1) is 65.8 Å². The number of unbranched alkanes of at least 4 members (excludes halogenated alkanes) is 24. The first-order valence-corrected chi connectivity index (χ1v) is 45.7. The average Bonchev–Trinajstić information content (AvgIpc) is 0.962. The van der Waals surface area contributed by atoms with Gasteiger partial charge in [0.25, 0.3) is 0 Å². The fraction of sp³-hybridized carbons (Fsp3) is 0.561. The summed E-state index contributed by atoms with van der Waals surface area (Å²) in [5.74, 6) is -0.253. The van der Waals surface area contributed by atoms with Crippen molar-refractivity contribution in [2.45, 2.75) is 298 Å². The van der Waals surface area contributed by atoms with Crippen LogP contribution in [-0.2, 0) is 42.8 Å². The molecule has 3 rings (SSSR count). The van der Waals surface area contributed by atoms with Crippen LogP contribution in [0.4, 0.5) is 0 Å². The Bertz CT molecular complexity index is 2750. The molecule has 3 aromatic carbocycles. The lowest BCUT2D eigenvalue weighted by molar-refractivity contribution is -0.138. The van der Waals surface area contributed by atoms with Gasteiger partial charge in [-0.2, -0.15) is 0 Å². The van der Waals surface area contributed by atoms with E-state index in [2.05, 4.69) is 124 Å². The summed E-state index contributed by atoms with van der Waals surface area (Å²) in [5.41, 5.74) is 3.03. The molecule has 0 amide bonds. The molecule has 0 aliphatic heterocycles. The Hall–Kier alpha value is -7.51. The first-order valence-electron chi connectivity index (χ1n) is 45.7. The fourth-order valence-electron chi connectivity index (χ4n) is 11.2. The maximum absolute atomic E-state index is 11.5. The normalized spacial score (nSPS) is 10.5. The minimum atomic E-state index is -0.271. The monoisotopic (exact) mass is 1630 g/mol. The highest BCUT2D eigenvalue weighted by Gasteiger charge is 2.07. The number of nitrogens with zero attached hydrogens (tertiary/aromatic N) is 2. The Labute approximate surface area is 727 Å². The number of methoxy groups -OCH3 is 1. The molecular weight excluding hydrogens is 1460 g/mol. The van der Waals surface area contributed by atoms with Gasteiger partial charge in [-0.25, -0.2) is 14.4 Å². The number of carbonyl (C=O) groups excluding carboxylic acids is 3. The summed E-state index contributed by atoms with van der Waals surface area (Å²) in [7, 11) is 1.74. The summed E-state index contributed by atoms with van der Waals surface area (Å²) in [4.78, 5) is 38.6. The molecule has 0 fully saturated rings. The van der Waals surface area contributed by atoms with Crippen LogP contribution in [0.15, 0.2) is 236 Å². The van der Waals surface area contributed by atoms with Gasteiger partial charge in [-0.3, -0.25) is 9.80 Å². The molecule has 0 aliphatic carbocycles. The summed E-state index contributed by atoms with van der Waals surface area (Å²) in [6, 6.07) is 29.2. The fourth-order valence-corrected chi connectivity index (χ4v) is 11.2. The molecule has 0 spiro atoms. The molecule has 0 saturated heterocycles. The molecule has 3 aromatic rings. The largest absolute Gasteiger partial charge is 0.463 e. The van der Waals surface area contributed by atoms with Crippen molar-refractivity contribution in [1.29, 1.82) is 0 Å². The van der Waals surface area contributed by atoms with Gasteiger partial charge in [0.2, 0.25) is 0 Å². The quantitative estimate of drug-likeness (QED) is 0.0177. The van der Waals surface area contributed by atoms with Gasteiger partial charge in [0.15, 0.2) is 0 Å². The van der Waals surface area contributed by atoms with Crippen LogP contribution in [0.1, 0.15) is 303 Å². The van der Waals surface area contributed by atoms with Gasteiger partial charge in [0, 0.05) is 71.3 Å². The topological polar surface area (TPSA) is 113 Å². The van der Waals surface area contributed by atoms with E-state index in [1.807, 2.05) is 152 Å². The van der Waals surface area contributed by atoms with Gasteiger partial charge >= 0.3 is 17.9 Å². The molecule has 0 bridgehead atoms. The Morgan fingerprint density at radius 3 is 0.847 bits per heavy atom. The average molecular weight is 1630 g/mol. The number of esters is 3. The second-order valence-corrected chi connectivity index (χ2v) is 29.2. The van der Waals surface area contributed by atoms with Crippen LogP contribution >= 0.6 is 0 Å². The highest BCUT2D eigenvalue weighted by molar-refractivity contribution is 5.88. The van der Waals surface area contributed by atoms with Crippen molar-refractivity contribution >= 4 is 36.1 Å². The third-order valence-corrected chi connectivity index (χ3v) is 18.2. The zero-order valence-electron chi connectivity index (χ0n) is 76.9. The Balaban J connectivity index is -0.000000416. The predicted octanol–water partition coefficient (Wildman–Crippen LogP) is 29.7. The van der Waals surface area contributed by atoms with Crippen LogP contribution in [0, 0.1) is 5.92 Å². The lowest BCUT2D eigenvalue weighted by Gasteiger charge is -2.18. The summed E-state index contributed by atoms with van der Waals surface area (Å²) >= 11 is 0. The molecule has 0 heterocycles. The predicted molar refractivity (Wildman–Crippen MR) is 520 cm³/mol. The first-order chi connectivity index (χ1) is 57.7. The van der Waals surface area contributed by atoms with Gasteiger partial charge in [-0.1, -0.05) is 354 Å². The molecule has 0 unspecified atom stereocenters. The zero-order valence-corrected chi connectivity index (χ0v) is 76.9. The SMILES string of the molecule is C=CC(C=C)CCCC.C=CCC(CC=C)OCCCCCCCC.C=CCC(CC=C)OCCCCCCCCC.C=CCN(CC=C)CCCCC.C=CCN(CC=C)CCCCOC.CCCCCCCCCOC(=O)/C=C/c1ccccc1.CCCCCOC(=O)/C=C/c1ccccc1.CCCCOC(=O)/C=C/c1ccccc1. The lowest BCUT2D eigenvalue weighted by atomic mass is 10.0. The van der Waals surface area contributed by atoms with Crippen LogP contribution in [0.5, 0.6) is 0 Å². The molecule has 11 heteroatoms. The van der Waals surface area contributed by atoms with Crippen LogP contribution in [-0.4, -0.2) is 126 Å². The standard InChI is InChI=1S/C18H26O2.C16H30O.C15H28O.C14H18O2.C13H16O2.C11H21NO.C11H21N.C9H16/c1-2-3-4-5-6-7-11-16-20-18(19)15-14-17-12-9-8-10-13-17;1-4-7-8-9-10-11-12-15-17-16(13-5-2)14-6-3;1-4-7-8-9-10-11-14-16-15(12-5-2)13-6-3;1-2-3-7-12-16-14(15)11-10-13-8-5-4-6-9-13;1-2-3-11-15-13(14)10-9-12-7-5-4-6-8-12;1-4-8-12(9-5-2)10-6-7-11-13-3;1-4-7-8-11-12(9-5-2)10-6-3;1-4-7-8-9(5-2)6-3/h8-10,12-15H,2-7,11,16H2,1H3;5-6,16H,2-4,7-15H2,1H3;5-6,15H,2-4,7-14H2,1H3;4-6,8-11H,2-3,7,12H2,1H3;4-10H,2-3,11H2,1H3;4-5H,1-2,6-11H2,3H3;5-6H,2-4,7-11H2,1H3;5-6,9H,2-4,7-8H2,1H3/b15-14+;;;11-10+;10-9+;;;. The summed E-state index contributed by atoms with van der Waals surface area (Å²) < 4.78 is 31.8. The summed E-state index contributed by atoms with van der Waals surface area (Å²) in [6.45, 7) is 63.0. The number of rotatable bonds is 68. The summed E-state index contributed by atoms with van der Waals surface area (Å²) in [5, 5.41) is 0. The highest BCUT2D eigenvalue weighted by atomic mass is 16.5. The highest BCUT2D eigenvalue weighted by Crippen LogP contribution is 2.14. The van der Waals surface area contributed by atoms with Crippen molar-refractivity contribution in [3.05, 3.63) is 252 Å². The zero-order chi connectivity index (χ0) is 88.2. The first kappa shape index (κ1) is 119. The molecule has 0 saturated carbocycles. The molecule has 11 nitrogen and oxygen atoms in total. The van der Waals surface area contributed by atoms with E-state index in [1.165, 1.54) is 185 Å². The van der Waals surface area contributed by atoms with Crippen molar-refractivity contribution < 1.29 is 42.8 Å². The second kappa shape index (κ2) is 104. The summed E-state index contributed by atoms with van der Waals surface area (Å²) in [6.07, 6.45) is 74.4. The number of carbonyl (C=O) groups is 3. The van der Waals surface area contributed by atoms with Crippen molar-refractivity contribution in [3.8, 4) is 0 Å². The van der Waals surface area contributed by atoms with Crippen molar-refractivity contribution in [1.82, 2.24) is 9.80 Å². The van der Waals surface area contributed by atoms with E-state index in [0.717, 1.165) is 146 Å². The molecule has 0 aliphatic rings. The molecule has 0 radical (unpaired) electrons. The van der Waals surface area contributed by atoms with Gasteiger partial charge in [-0.05, 0) is 137 Å². The molecule has 0 aromatic heterocycles. The minimum absolute atomic E-state index is 0.250. The van der Waals surface area contributed by atoms with Crippen LogP contribution in [0.3, 0.4) is 0 Å². The van der Waals surface area contributed by atoms with Crippen molar-refractivity contribution in [3.63, 3.8) is 0 Å². The van der Waals surface area contributed by atoms with Crippen LogP contribution in [0.25, 0.3) is 18.2 Å². The maximum atomic E-state index is 11.5. The van der Waals surface area contributed by atoms with E-state index in [9.17, 15) is 14.4 Å². The minimum Gasteiger partial charge on any atom is -0.463 e. The number of ether oxygens (including phenoxy) is 6. The van der Waals surface area contributed by atoms with Gasteiger partial charge < -0.3 is 28.4 Å². The molecule has 668 valence electrons. The van der Waals surface area contributed by atoms with Crippen molar-refractivity contribution in [2.24, 2.45) is 5.92 Å². The number of benzene rings is 3. The third kappa shape index (κ3) is 95.6. The molecular formula is C107H176N2O9. The van der Waals surface area contributed by atoms with Crippen LogP contribution in [0.2, 0.25) is 0 Å². The van der Waals surface area contributed by atoms with E-state index in [0.29, 0.717) is 37.9 Å². The number of hydrogen-bond donors (Lipinski definition) is 0. The number of hydrogen-bond acceptors (Lipinski definition) is 11. The van der Waals surface area contributed by atoms with E-state index in [-0.39, 0.29) is 17.9 Å². The Morgan fingerprint density at radius 1 is 0.305 bits per heavy atom.